The third kappa shape index (κ3) is 3.06. The lowest BCUT2D eigenvalue weighted by atomic mass is 10.0. The van der Waals surface area contributed by atoms with E-state index < -0.39 is 0 Å². The van der Waals surface area contributed by atoms with E-state index in [9.17, 15) is 0 Å². The SMILES string of the molecule is N#Cc1ccc(-c2ccnc(OC3CC4CCC(C3)N4)c2)cc1. The van der Waals surface area contributed by atoms with Gasteiger partial charge in [-0.2, -0.15) is 5.26 Å². The predicted molar refractivity (Wildman–Crippen MR) is 88.0 cm³/mol. The third-order valence-corrected chi connectivity index (χ3v) is 4.80. The van der Waals surface area contributed by atoms with Crippen molar-refractivity contribution >= 4 is 0 Å². The average Bonchev–Trinajstić information content (AvgIpc) is 2.94. The van der Waals surface area contributed by atoms with E-state index in [2.05, 4.69) is 16.4 Å². The zero-order valence-electron chi connectivity index (χ0n) is 12.9. The minimum absolute atomic E-state index is 0.262. The minimum atomic E-state index is 0.262. The molecule has 0 spiro atoms. The molecule has 0 aliphatic carbocycles. The summed E-state index contributed by atoms with van der Waals surface area (Å²) in [5.74, 6) is 0.693. The molecule has 2 fully saturated rings. The van der Waals surface area contributed by atoms with Gasteiger partial charge >= 0.3 is 0 Å². The standard InChI is InChI=1S/C19H19N3O/c20-12-13-1-3-14(4-2-13)15-7-8-21-19(9-15)23-18-10-16-5-6-17(11-18)22-16/h1-4,7-9,16-18,22H,5-6,10-11H2. The number of benzene rings is 1. The van der Waals surface area contributed by atoms with E-state index in [0.29, 0.717) is 23.5 Å². The molecule has 0 amide bonds. The summed E-state index contributed by atoms with van der Waals surface area (Å²) in [4.78, 5) is 4.37. The Morgan fingerprint density at radius 3 is 2.48 bits per heavy atom. The van der Waals surface area contributed by atoms with E-state index >= 15 is 0 Å². The van der Waals surface area contributed by atoms with Crippen LogP contribution < -0.4 is 10.1 Å². The van der Waals surface area contributed by atoms with Crippen molar-refractivity contribution in [3.63, 3.8) is 0 Å². The van der Waals surface area contributed by atoms with Gasteiger partial charge in [-0.15, -0.1) is 0 Å². The van der Waals surface area contributed by atoms with Gasteiger partial charge in [-0.1, -0.05) is 12.1 Å². The first-order valence-corrected chi connectivity index (χ1v) is 8.19. The lowest BCUT2D eigenvalue weighted by Crippen LogP contribution is -2.42. The fourth-order valence-electron chi connectivity index (χ4n) is 3.66. The molecule has 1 aromatic carbocycles. The Morgan fingerprint density at radius 1 is 1.04 bits per heavy atom. The quantitative estimate of drug-likeness (QED) is 0.945. The van der Waals surface area contributed by atoms with Gasteiger partial charge < -0.3 is 10.1 Å². The number of piperidine rings is 1. The Labute approximate surface area is 136 Å². The molecule has 2 aromatic rings. The molecule has 4 rings (SSSR count). The van der Waals surface area contributed by atoms with Gasteiger partial charge in [-0.25, -0.2) is 4.98 Å². The van der Waals surface area contributed by atoms with E-state index in [-0.39, 0.29) is 6.10 Å². The molecule has 2 aliphatic rings. The molecule has 2 aliphatic heterocycles. The first-order chi connectivity index (χ1) is 11.3. The van der Waals surface area contributed by atoms with Gasteiger partial charge in [0.15, 0.2) is 0 Å². The van der Waals surface area contributed by atoms with Gasteiger partial charge in [-0.05, 0) is 55.0 Å². The van der Waals surface area contributed by atoms with Crippen LogP contribution in [-0.4, -0.2) is 23.2 Å². The monoisotopic (exact) mass is 305 g/mol. The van der Waals surface area contributed by atoms with E-state index in [4.69, 9.17) is 10.00 Å². The van der Waals surface area contributed by atoms with Crippen LogP contribution in [0.2, 0.25) is 0 Å². The Hall–Kier alpha value is -2.38. The van der Waals surface area contributed by atoms with E-state index in [1.165, 1.54) is 12.8 Å². The molecule has 2 atom stereocenters. The molecule has 2 unspecified atom stereocenters. The normalized spacial score (nSPS) is 25.8. The lowest BCUT2D eigenvalue weighted by molar-refractivity contribution is 0.132. The molecule has 2 saturated heterocycles. The third-order valence-electron chi connectivity index (χ3n) is 4.80. The summed E-state index contributed by atoms with van der Waals surface area (Å²) in [5, 5.41) is 12.5. The molecule has 4 nitrogen and oxygen atoms in total. The maximum atomic E-state index is 8.89. The number of fused-ring (bicyclic) bond motifs is 2. The topological polar surface area (TPSA) is 57.9 Å². The molecular formula is C19H19N3O. The number of nitriles is 1. The summed E-state index contributed by atoms with van der Waals surface area (Å²) in [6.45, 7) is 0. The van der Waals surface area contributed by atoms with E-state index in [1.54, 1.807) is 6.20 Å². The average molecular weight is 305 g/mol. The number of aromatic nitrogens is 1. The highest BCUT2D eigenvalue weighted by atomic mass is 16.5. The molecule has 2 bridgehead atoms. The number of hydrogen-bond acceptors (Lipinski definition) is 4. The molecule has 4 heteroatoms. The summed E-state index contributed by atoms with van der Waals surface area (Å²) in [5.41, 5.74) is 2.81. The van der Waals surface area contributed by atoms with Gasteiger partial charge in [0.25, 0.3) is 0 Å². The number of hydrogen-bond donors (Lipinski definition) is 1. The second kappa shape index (κ2) is 6.02. The van der Waals surface area contributed by atoms with Gasteiger partial charge in [0.1, 0.15) is 6.10 Å². The van der Waals surface area contributed by atoms with Crippen LogP contribution in [0.3, 0.4) is 0 Å². The van der Waals surface area contributed by atoms with Crippen molar-refractivity contribution in [2.45, 2.75) is 43.9 Å². The maximum absolute atomic E-state index is 8.89. The van der Waals surface area contributed by atoms with Gasteiger partial charge in [0.2, 0.25) is 5.88 Å². The van der Waals surface area contributed by atoms with Gasteiger partial charge in [0.05, 0.1) is 11.6 Å². The van der Waals surface area contributed by atoms with Crippen LogP contribution in [0.15, 0.2) is 42.6 Å². The smallest absolute Gasteiger partial charge is 0.214 e. The fourth-order valence-corrected chi connectivity index (χ4v) is 3.66. The van der Waals surface area contributed by atoms with Crippen LogP contribution in [0.4, 0.5) is 0 Å². The summed E-state index contributed by atoms with van der Waals surface area (Å²) >= 11 is 0. The molecule has 116 valence electrons. The molecule has 3 heterocycles. The van der Waals surface area contributed by atoms with Crippen LogP contribution in [0.25, 0.3) is 11.1 Å². The number of pyridine rings is 1. The van der Waals surface area contributed by atoms with Crippen molar-refractivity contribution in [3.05, 3.63) is 48.2 Å². The van der Waals surface area contributed by atoms with Crippen molar-refractivity contribution in [2.24, 2.45) is 0 Å². The summed E-state index contributed by atoms with van der Waals surface area (Å²) in [7, 11) is 0. The highest BCUT2D eigenvalue weighted by Crippen LogP contribution is 2.30. The van der Waals surface area contributed by atoms with Crippen molar-refractivity contribution in [1.82, 2.24) is 10.3 Å². The van der Waals surface area contributed by atoms with E-state index in [1.807, 2.05) is 36.4 Å². The summed E-state index contributed by atoms with van der Waals surface area (Å²) in [6.07, 6.45) is 6.72. The zero-order valence-corrected chi connectivity index (χ0v) is 12.9. The van der Waals surface area contributed by atoms with Gasteiger partial charge in [0, 0.05) is 24.3 Å². The Kier molecular flexibility index (Phi) is 3.72. The fraction of sp³-hybridized carbons (Fsp3) is 0.368. The number of rotatable bonds is 3. The largest absolute Gasteiger partial charge is 0.474 e. The second-order valence-electron chi connectivity index (χ2n) is 6.42. The van der Waals surface area contributed by atoms with Crippen molar-refractivity contribution in [3.8, 4) is 23.1 Å². The van der Waals surface area contributed by atoms with E-state index in [0.717, 1.165) is 24.0 Å². The summed E-state index contributed by atoms with van der Waals surface area (Å²) < 4.78 is 6.14. The number of nitrogens with zero attached hydrogens (tertiary/aromatic N) is 2. The van der Waals surface area contributed by atoms with Crippen molar-refractivity contribution < 1.29 is 4.74 Å². The number of nitrogens with one attached hydrogen (secondary N) is 1. The van der Waals surface area contributed by atoms with Crippen LogP contribution in [-0.2, 0) is 0 Å². The lowest BCUT2D eigenvalue weighted by Gasteiger charge is -2.29. The minimum Gasteiger partial charge on any atom is -0.474 e. The van der Waals surface area contributed by atoms with Gasteiger partial charge in [-0.3, -0.25) is 0 Å². The highest BCUT2D eigenvalue weighted by Gasteiger charge is 2.34. The molecule has 0 radical (unpaired) electrons. The van der Waals surface area contributed by atoms with Crippen molar-refractivity contribution in [1.29, 1.82) is 5.26 Å². The van der Waals surface area contributed by atoms with Crippen LogP contribution >= 0.6 is 0 Å². The predicted octanol–water partition coefficient (Wildman–Crippen LogP) is 3.28. The van der Waals surface area contributed by atoms with Crippen molar-refractivity contribution in [2.75, 3.05) is 0 Å². The first-order valence-electron chi connectivity index (χ1n) is 8.19. The Balaban J connectivity index is 1.50. The summed E-state index contributed by atoms with van der Waals surface area (Å²) in [6, 6.07) is 14.9. The molecule has 23 heavy (non-hydrogen) atoms. The Morgan fingerprint density at radius 2 is 1.78 bits per heavy atom. The maximum Gasteiger partial charge on any atom is 0.214 e. The second-order valence-corrected chi connectivity index (χ2v) is 6.42. The molecule has 1 aromatic heterocycles. The van der Waals surface area contributed by atoms with Crippen LogP contribution in [0.1, 0.15) is 31.2 Å². The molecule has 0 saturated carbocycles. The van der Waals surface area contributed by atoms with Crippen LogP contribution in [0.5, 0.6) is 5.88 Å². The Bertz CT molecular complexity index is 723. The molecular weight excluding hydrogens is 286 g/mol. The highest BCUT2D eigenvalue weighted by molar-refractivity contribution is 5.64. The number of ether oxygens (including phenoxy) is 1. The first kappa shape index (κ1) is 14.2. The zero-order chi connectivity index (χ0) is 15.6. The molecule has 1 N–H and O–H groups in total. The van der Waals surface area contributed by atoms with Crippen LogP contribution in [0, 0.1) is 11.3 Å².